The summed E-state index contributed by atoms with van der Waals surface area (Å²) in [6, 6.07) is 11.5. The maximum Gasteiger partial charge on any atom is 0.338 e. The number of hydrogen-bond acceptors (Lipinski definition) is 5. The van der Waals surface area contributed by atoms with Crippen LogP contribution in [0.3, 0.4) is 0 Å². The number of amides is 2. The van der Waals surface area contributed by atoms with Crippen molar-refractivity contribution in [3.05, 3.63) is 69.9 Å². The van der Waals surface area contributed by atoms with Crippen LogP contribution in [0, 0.1) is 0 Å². The number of methoxy groups -OCH3 is 1. The van der Waals surface area contributed by atoms with E-state index in [1.807, 2.05) is 12.1 Å². The fraction of sp³-hybridized carbons (Fsp3) is 0.273. The third-order valence-corrected chi connectivity index (χ3v) is 4.85. The molecule has 0 radical (unpaired) electrons. The maximum atomic E-state index is 12.5. The molecular weight excluding hydrogens is 408 g/mol. The third kappa shape index (κ3) is 4.86. The molecule has 0 fully saturated rings. The standard InChI is InChI=1S/C22H23ClN2O5/c1-4-29-21(26)19-13(2)24-22(27)25-20(19)15-7-10-17(28-3)18(11-15)30-12-14-5-8-16(23)9-6-14/h5-11,20H,4,12H2,1-3H3,(H2,24,25,27). The molecule has 0 aliphatic carbocycles. The van der Waals surface area contributed by atoms with E-state index in [1.165, 1.54) is 0 Å². The van der Waals surface area contributed by atoms with Crippen LogP contribution >= 0.6 is 11.6 Å². The first-order valence-corrected chi connectivity index (χ1v) is 9.81. The number of halogens is 1. The Hall–Kier alpha value is -3.19. The van der Waals surface area contributed by atoms with Crippen LogP contribution in [0.25, 0.3) is 0 Å². The summed E-state index contributed by atoms with van der Waals surface area (Å²) in [6.45, 7) is 3.93. The summed E-state index contributed by atoms with van der Waals surface area (Å²) in [5.41, 5.74) is 2.39. The predicted molar refractivity (Wildman–Crippen MR) is 113 cm³/mol. The van der Waals surface area contributed by atoms with Crippen LogP contribution in [0.5, 0.6) is 11.5 Å². The Morgan fingerprint density at radius 1 is 1.13 bits per heavy atom. The number of carbonyl (C=O) groups is 2. The lowest BCUT2D eigenvalue weighted by atomic mass is 9.95. The van der Waals surface area contributed by atoms with Gasteiger partial charge < -0.3 is 24.8 Å². The molecule has 1 aliphatic heterocycles. The summed E-state index contributed by atoms with van der Waals surface area (Å²) < 4.78 is 16.5. The van der Waals surface area contributed by atoms with Crippen molar-refractivity contribution in [2.24, 2.45) is 0 Å². The lowest BCUT2D eigenvalue weighted by molar-refractivity contribution is -0.139. The zero-order chi connectivity index (χ0) is 21.7. The summed E-state index contributed by atoms with van der Waals surface area (Å²) >= 11 is 5.93. The number of esters is 1. The Balaban J connectivity index is 1.91. The quantitative estimate of drug-likeness (QED) is 0.645. The highest BCUT2D eigenvalue weighted by Crippen LogP contribution is 2.35. The first-order valence-electron chi connectivity index (χ1n) is 9.43. The zero-order valence-corrected chi connectivity index (χ0v) is 17.7. The molecule has 0 saturated carbocycles. The number of rotatable bonds is 7. The Kier molecular flexibility index (Phi) is 6.84. The molecule has 2 aromatic carbocycles. The number of urea groups is 1. The molecule has 30 heavy (non-hydrogen) atoms. The fourth-order valence-electron chi connectivity index (χ4n) is 3.15. The van der Waals surface area contributed by atoms with E-state index < -0.39 is 18.0 Å². The molecular formula is C22H23ClN2O5. The lowest BCUT2D eigenvalue weighted by Crippen LogP contribution is -2.45. The predicted octanol–water partition coefficient (Wildman–Crippen LogP) is 4.12. The summed E-state index contributed by atoms with van der Waals surface area (Å²) in [5, 5.41) is 6.04. The van der Waals surface area contributed by atoms with E-state index in [0.29, 0.717) is 40.0 Å². The van der Waals surface area contributed by atoms with Crippen molar-refractivity contribution in [1.29, 1.82) is 0 Å². The Labute approximate surface area is 180 Å². The normalized spacial score (nSPS) is 15.9. The second-order valence-corrected chi connectivity index (χ2v) is 7.05. The molecule has 0 bridgehead atoms. The summed E-state index contributed by atoms with van der Waals surface area (Å²) in [7, 11) is 1.55. The molecule has 158 valence electrons. The SMILES string of the molecule is CCOC(=O)C1=C(C)NC(=O)NC1c1ccc(OC)c(OCc2ccc(Cl)cc2)c1. The van der Waals surface area contributed by atoms with Gasteiger partial charge in [-0.1, -0.05) is 29.8 Å². The summed E-state index contributed by atoms with van der Waals surface area (Å²) in [5.74, 6) is 0.525. The first-order chi connectivity index (χ1) is 14.4. The van der Waals surface area contributed by atoms with Gasteiger partial charge >= 0.3 is 12.0 Å². The van der Waals surface area contributed by atoms with Gasteiger partial charge in [-0.25, -0.2) is 9.59 Å². The smallest absolute Gasteiger partial charge is 0.338 e. The van der Waals surface area contributed by atoms with Gasteiger partial charge in [0.1, 0.15) is 6.61 Å². The Bertz CT molecular complexity index is 972. The van der Waals surface area contributed by atoms with Crippen molar-refractivity contribution in [3.63, 3.8) is 0 Å². The van der Waals surface area contributed by atoms with Crippen molar-refractivity contribution < 1.29 is 23.8 Å². The van der Waals surface area contributed by atoms with Crippen LogP contribution in [0.4, 0.5) is 4.79 Å². The van der Waals surface area contributed by atoms with Gasteiger partial charge in [0.05, 0.1) is 25.3 Å². The number of benzene rings is 2. The van der Waals surface area contributed by atoms with Gasteiger partial charge in [-0.3, -0.25) is 0 Å². The molecule has 0 spiro atoms. The molecule has 2 aromatic rings. The Morgan fingerprint density at radius 3 is 2.53 bits per heavy atom. The second kappa shape index (κ2) is 9.54. The minimum absolute atomic E-state index is 0.231. The molecule has 0 saturated heterocycles. The Morgan fingerprint density at radius 2 is 1.87 bits per heavy atom. The number of hydrogen-bond donors (Lipinski definition) is 2. The molecule has 2 amide bonds. The average Bonchev–Trinajstić information content (AvgIpc) is 2.72. The lowest BCUT2D eigenvalue weighted by Gasteiger charge is -2.28. The third-order valence-electron chi connectivity index (χ3n) is 4.59. The topological polar surface area (TPSA) is 85.9 Å². The van der Waals surface area contributed by atoms with Gasteiger partial charge in [-0.05, 0) is 49.2 Å². The van der Waals surface area contributed by atoms with Crippen molar-refractivity contribution in [3.8, 4) is 11.5 Å². The van der Waals surface area contributed by atoms with Gasteiger partial charge in [0.15, 0.2) is 11.5 Å². The van der Waals surface area contributed by atoms with Crippen LogP contribution in [-0.4, -0.2) is 25.7 Å². The van der Waals surface area contributed by atoms with Crippen molar-refractivity contribution >= 4 is 23.6 Å². The van der Waals surface area contributed by atoms with E-state index in [-0.39, 0.29) is 6.61 Å². The minimum Gasteiger partial charge on any atom is -0.493 e. The number of allylic oxidation sites excluding steroid dienone is 1. The van der Waals surface area contributed by atoms with Crippen molar-refractivity contribution in [2.45, 2.75) is 26.5 Å². The summed E-state index contributed by atoms with van der Waals surface area (Å²) in [4.78, 5) is 24.6. The zero-order valence-electron chi connectivity index (χ0n) is 17.0. The van der Waals surface area contributed by atoms with Crippen LogP contribution in [0.1, 0.15) is 31.0 Å². The van der Waals surface area contributed by atoms with Gasteiger partial charge in [0.25, 0.3) is 0 Å². The van der Waals surface area contributed by atoms with Crippen molar-refractivity contribution in [2.75, 3.05) is 13.7 Å². The molecule has 2 N–H and O–H groups in total. The fourth-order valence-corrected chi connectivity index (χ4v) is 3.28. The number of carbonyl (C=O) groups excluding carboxylic acids is 2. The minimum atomic E-state index is -0.679. The van der Waals surface area contributed by atoms with E-state index in [4.69, 9.17) is 25.8 Å². The highest BCUT2D eigenvalue weighted by Gasteiger charge is 2.32. The largest absolute Gasteiger partial charge is 0.493 e. The average molecular weight is 431 g/mol. The van der Waals surface area contributed by atoms with Crippen LogP contribution in [-0.2, 0) is 16.1 Å². The summed E-state index contributed by atoms with van der Waals surface area (Å²) in [6.07, 6.45) is 0. The highest BCUT2D eigenvalue weighted by atomic mass is 35.5. The van der Waals surface area contributed by atoms with Gasteiger partial charge in [-0.2, -0.15) is 0 Å². The molecule has 1 aliphatic rings. The maximum absolute atomic E-state index is 12.5. The van der Waals surface area contributed by atoms with E-state index in [1.54, 1.807) is 51.3 Å². The highest BCUT2D eigenvalue weighted by molar-refractivity contribution is 6.30. The van der Waals surface area contributed by atoms with E-state index in [9.17, 15) is 9.59 Å². The van der Waals surface area contributed by atoms with E-state index in [0.717, 1.165) is 5.56 Å². The van der Waals surface area contributed by atoms with Gasteiger partial charge in [0, 0.05) is 10.7 Å². The molecule has 1 heterocycles. The number of ether oxygens (including phenoxy) is 3. The molecule has 7 nitrogen and oxygen atoms in total. The van der Waals surface area contributed by atoms with Crippen molar-refractivity contribution in [1.82, 2.24) is 10.6 Å². The second-order valence-electron chi connectivity index (χ2n) is 6.62. The molecule has 0 aromatic heterocycles. The number of nitrogens with one attached hydrogen (secondary N) is 2. The van der Waals surface area contributed by atoms with E-state index >= 15 is 0 Å². The van der Waals surface area contributed by atoms with Gasteiger partial charge in [-0.15, -0.1) is 0 Å². The molecule has 1 atom stereocenters. The molecule has 1 unspecified atom stereocenters. The molecule has 3 rings (SSSR count). The van der Waals surface area contributed by atoms with Crippen LogP contribution in [0.2, 0.25) is 5.02 Å². The first kappa shape index (κ1) is 21.5. The molecule has 8 heteroatoms. The van der Waals surface area contributed by atoms with Crippen LogP contribution in [0.15, 0.2) is 53.7 Å². The van der Waals surface area contributed by atoms with Crippen LogP contribution < -0.4 is 20.1 Å². The van der Waals surface area contributed by atoms with Gasteiger partial charge in [0.2, 0.25) is 0 Å². The van der Waals surface area contributed by atoms with E-state index in [2.05, 4.69) is 10.6 Å². The monoisotopic (exact) mass is 430 g/mol.